The molecule has 0 spiro atoms. The zero-order valence-corrected chi connectivity index (χ0v) is 11.2. The predicted octanol–water partition coefficient (Wildman–Crippen LogP) is 2.36. The summed E-state index contributed by atoms with van der Waals surface area (Å²) in [6, 6.07) is 7.64. The van der Waals surface area contributed by atoms with Gasteiger partial charge in [0.05, 0.1) is 18.0 Å². The topological polar surface area (TPSA) is 42.4 Å². The number of rotatable bonds is 2. The number of carbonyl (C=O) groups excluding carboxylic acids is 1. The second-order valence-electron chi connectivity index (χ2n) is 4.37. The summed E-state index contributed by atoms with van der Waals surface area (Å²) < 4.78 is 5.74. The van der Waals surface area contributed by atoms with E-state index in [1.54, 1.807) is 12.4 Å². The summed E-state index contributed by atoms with van der Waals surface area (Å²) in [4.78, 5) is 19.0. The number of aromatic nitrogens is 1. The predicted molar refractivity (Wildman–Crippen MR) is 73.2 cm³/mol. The number of nitrogens with zero attached hydrogens (tertiary/aromatic N) is 2. The van der Waals surface area contributed by atoms with Gasteiger partial charge in [-0.3, -0.25) is 9.78 Å². The maximum absolute atomic E-state index is 12.3. The van der Waals surface area contributed by atoms with Crippen LogP contribution in [0.4, 0.5) is 0 Å². The van der Waals surface area contributed by atoms with Crippen molar-refractivity contribution in [3.8, 4) is 0 Å². The van der Waals surface area contributed by atoms with Crippen molar-refractivity contribution in [1.82, 2.24) is 9.88 Å². The highest BCUT2D eigenvalue weighted by Gasteiger charge is 2.26. The van der Waals surface area contributed by atoms with E-state index < -0.39 is 0 Å². The molecule has 2 aromatic heterocycles. The summed E-state index contributed by atoms with van der Waals surface area (Å²) in [6.07, 6.45) is 3.44. The number of thiophene rings is 1. The Morgan fingerprint density at radius 2 is 2.21 bits per heavy atom. The number of hydrogen-bond donors (Lipinski definition) is 0. The first-order valence-electron chi connectivity index (χ1n) is 6.19. The average molecular weight is 274 g/mol. The van der Waals surface area contributed by atoms with Gasteiger partial charge in [-0.2, -0.15) is 0 Å². The Labute approximate surface area is 115 Å². The lowest BCUT2D eigenvalue weighted by Gasteiger charge is -2.32. The minimum absolute atomic E-state index is 0.0549. The van der Waals surface area contributed by atoms with E-state index in [1.165, 1.54) is 11.3 Å². The second-order valence-corrected chi connectivity index (χ2v) is 5.32. The standard InChI is InChI=1S/C14H14N2O2S/c17-14(13-2-1-9-19-13)16-7-8-18-12(10-16)11-3-5-15-6-4-11/h1-6,9,12H,7-8,10H2. The average Bonchev–Trinajstić information content (AvgIpc) is 3.02. The van der Waals surface area contributed by atoms with Crippen LogP contribution in [-0.4, -0.2) is 35.5 Å². The van der Waals surface area contributed by atoms with Crippen LogP contribution in [0.2, 0.25) is 0 Å². The Hall–Kier alpha value is -1.72. The van der Waals surface area contributed by atoms with Crippen LogP contribution < -0.4 is 0 Å². The van der Waals surface area contributed by atoms with Crippen LogP contribution in [0.3, 0.4) is 0 Å². The molecule has 1 unspecified atom stereocenters. The van der Waals surface area contributed by atoms with Crippen LogP contribution in [0.1, 0.15) is 21.3 Å². The van der Waals surface area contributed by atoms with E-state index in [4.69, 9.17) is 4.74 Å². The van der Waals surface area contributed by atoms with Gasteiger partial charge in [-0.15, -0.1) is 11.3 Å². The van der Waals surface area contributed by atoms with Gasteiger partial charge in [0, 0.05) is 18.9 Å². The Morgan fingerprint density at radius 1 is 1.37 bits per heavy atom. The first-order chi connectivity index (χ1) is 9.34. The van der Waals surface area contributed by atoms with Crippen LogP contribution in [0.15, 0.2) is 42.0 Å². The fourth-order valence-corrected chi connectivity index (χ4v) is 2.86. The summed E-state index contributed by atoms with van der Waals surface area (Å²) in [6.45, 7) is 1.82. The number of carbonyl (C=O) groups is 1. The molecule has 1 fully saturated rings. The summed E-state index contributed by atoms with van der Waals surface area (Å²) >= 11 is 1.48. The van der Waals surface area contributed by atoms with Crippen molar-refractivity contribution in [1.29, 1.82) is 0 Å². The molecular weight excluding hydrogens is 260 g/mol. The minimum atomic E-state index is -0.0549. The van der Waals surface area contributed by atoms with Crippen molar-refractivity contribution in [2.75, 3.05) is 19.7 Å². The fourth-order valence-electron chi connectivity index (χ4n) is 2.17. The molecule has 1 aliphatic heterocycles. The molecule has 3 heterocycles. The molecule has 98 valence electrons. The summed E-state index contributed by atoms with van der Waals surface area (Å²) in [5.74, 6) is 0.0948. The smallest absolute Gasteiger partial charge is 0.264 e. The molecule has 1 atom stereocenters. The summed E-state index contributed by atoms with van der Waals surface area (Å²) in [5.41, 5.74) is 1.07. The SMILES string of the molecule is O=C(c1cccs1)N1CCOC(c2ccncc2)C1. The van der Waals surface area contributed by atoms with E-state index in [0.29, 0.717) is 19.7 Å². The van der Waals surface area contributed by atoms with Gasteiger partial charge in [-0.1, -0.05) is 6.07 Å². The molecule has 0 bridgehead atoms. The van der Waals surface area contributed by atoms with Crippen molar-refractivity contribution in [2.45, 2.75) is 6.10 Å². The van der Waals surface area contributed by atoms with Gasteiger partial charge in [-0.25, -0.2) is 0 Å². The van der Waals surface area contributed by atoms with E-state index in [-0.39, 0.29) is 12.0 Å². The van der Waals surface area contributed by atoms with Crippen LogP contribution in [0, 0.1) is 0 Å². The molecule has 1 saturated heterocycles. The third-order valence-electron chi connectivity index (χ3n) is 3.16. The van der Waals surface area contributed by atoms with Gasteiger partial charge in [0.25, 0.3) is 5.91 Å². The molecule has 0 aliphatic carbocycles. The van der Waals surface area contributed by atoms with E-state index in [0.717, 1.165) is 10.4 Å². The first-order valence-corrected chi connectivity index (χ1v) is 7.07. The second kappa shape index (κ2) is 5.50. The normalized spacial score (nSPS) is 19.4. The molecule has 0 aromatic carbocycles. The molecule has 1 aliphatic rings. The number of pyridine rings is 1. The van der Waals surface area contributed by atoms with Crippen molar-refractivity contribution in [3.05, 3.63) is 52.5 Å². The zero-order valence-electron chi connectivity index (χ0n) is 10.4. The highest BCUT2D eigenvalue weighted by molar-refractivity contribution is 7.12. The van der Waals surface area contributed by atoms with Crippen LogP contribution in [0.25, 0.3) is 0 Å². The molecule has 0 radical (unpaired) electrons. The van der Waals surface area contributed by atoms with Crippen LogP contribution in [0.5, 0.6) is 0 Å². The third kappa shape index (κ3) is 2.67. The first kappa shape index (κ1) is 12.3. The Kier molecular flexibility index (Phi) is 3.57. The van der Waals surface area contributed by atoms with Crippen LogP contribution in [-0.2, 0) is 4.74 Å². The lowest BCUT2D eigenvalue weighted by atomic mass is 10.1. The molecular formula is C14H14N2O2S. The van der Waals surface area contributed by atoms with Gasteiger partial charge in [0.1, 0.15) is 6.10 Å². The molecule has 1 amide bonds. The third-order valence-corrected chi connectivity index (χ3v) is 4.02. The number of amides is 1. The van der Waals surface area contributed by atoms with Crippen LogP contribution >= 0.6 is 11.3 Å². The van der Waals surface area contributed by atoms with E-state index in [1.807, 2.05) is 34.5 Å². The van der Waals surface area contributed by atoms with Gasteiger partial charge in [0.2, 0.25) is 0 Å². The molecule has 4 nitrogen and oxygen atoms in total. The molecule has 5 heteroatoms. The van der Waals surface area contributed by atoms with E-state index in [2.05, 4.69) is 4.98 Å². The largest absolute Gasteiger partial charge is 0.370 e. The van der Waals surface area contributed by atoms with Gasteiger partial charge in [0.15, 0.2) is 0 Å². The van der Waals surface area contributed by atoms with Crippen molar-refractivity contribution < 1.29 is 9.53 Å². The number of ether oxygens (including phenoxy) is 1. The van der Waals surface area contributed by atoms with Gasteiger partial charge in [-0.05, 0) is 29.1 Å². The highest BCUT2D eigenvalue weighted by atomic mass is 32.1. The van der Waals surface area contributed by atoms with E-state index >= 15 is 0 Å². The quantitative estimate of drug-likeness (QED) is 0.844. The molecule has 19 heavy (non-hydrogen) atoms. The molecule has 0 saturated carbocycles. The van der Waals surface area contributed by atoms with Gasteiger partial charge >= 0.3 is 0 Å². The highest BCUT2D eigenvalue weighted by Crippen LogP contribution is 2.23. The fraction of sp³-hybridized carbons (Fsp3) is 0.286. The number of hydrogen-bond acceptors (Lipinski definition) is 4. The number of morpholine rings is 1. The van der Waals surface area contributed by atoms with Crippen molar-refractivity contribution in [2.24, 2.45) is 0 Å². The molecule has 3 rings (SSSR count). The molecule has 0 N–H and O–H groups in total. The van der Waals surface area contributed by atoms with E-state index in [9.17, 15) is 4.79 Å². The monoisotopic (exact) mass is 274 g/mol. The Morgan fingerprint density at radius 3 is 2.95 bits per heavy atom. The molecule has 2 aromatic rings. The maximum atomic E-state index is 12.3. The Bertz CT molecular complexity index is 542. The van der Waals surface area contributed by atoms with Crippen molar-refractivity contribution >= 4 is 17.2 Å². The lowest BCUT2D eigenvalue weighted by molar-refractivity contribution is -0.0226. The summed E-state index contributed by atoms with van der Waals surface area (Å²) in [7, 11) is 0. The minimum Gasteiger partial charge on any atom is -0.370 e. The maximum Gasteiger partial charge on any atom is 0.264 e. The van der Waals surface area contributed by atoms with Crippen molar-refractivity contribution in [3.63, 3.8) is 0 Å². The zero-order chi connectivity index (χ0) is 13.1. The summed E-state index contributed by atoms with van der Waals surface area (Å²) in [5, 5.41) is 1.92. The Balaban J connectivity index is 1.73. The van der Waals surface area contributed by atoms with Gasteiger partial charge < -0.3 is 9.64 Å². The lowest BCUT2D eigenvalue weighted by Crippen LogP contribution is -2.42.